The van der Waals surface area contributed by atoms with Crippen molar-refractivity contribution < 1.29 is 85.6 Å². The molecule has 19 nitrogen and oxygen atoms in total. The lowest BCUT2D eigenvalue weighted by Gasteiger charge is -2.16. The highest BCUT2D eigenvalue weighted by atomic mass is 35.5. The number of nitrogens with zero attached hydrogens (tertiary/aromatic N) is 2. The summed E-state index contributed by atoms with van der Waals surface area (Å²) in [7, 11) is 0.328. The number of carbonyl (C=O) groups excluding carboxylic acids is 3. The van der Waals surface area contributed by atoms with E-state index in [4.69, 9.17) is 189 Å². The first kappa shape index (κ1) is 94.5. The maximum Gasteiger partial charge on any atom is 0.762 e. The molecule has 2 heterocycles. The zero-order chi connectivity index (χ0) is 72.9. The zero-order valence-corrected chi connectivity index (χ0v) is 63.0. The summed E-state index contributed by atoms with van der Waals surface area (Å²) in [4.78, 5) is 40.5. The molecule has 2 aliphatic rings. The lowest BCUT2D eigenvalue weighted by molar-refractivity contribution is -0.149. The molecular weight excluding hydrogens is 1570 g/mol. The molecule has 0 aliphatic carbocycles. The SMILES string of the molecule is COC(=O)[C@@H](C)Oc1c(Cl)cccc1Cl.COC(=O)[C@H](C)O.COC(=[NH2+])[C@@H](C)Oc1c(Cl)cccc1Cl.C[C@@H](Oc1c(Cl)cccc1Cl)C(N)=O.C[C@@H](Oc1c(Cl)cccc1Cl)C1=NCCN1.C[C@@H](Oc1c(Cl)cccc1Cl)C1=NCCN1.Cl.FB(F)F.Oc1c(Cl)cccc1Cl.[F-]. The van der Waals surface area contributed by atoms with Crippen LogP contribution < -0.4 is 50.2 Å². The summed E-state index contributed by atoms with van der Waals surface area (Å²) in [5.41, 5.74) is 5.03. The molecule has 6 aromatic carbocycles. The van der Waals surface area contributed by atoms with E-state index in [0.717, 1.165) is 37.9 Å². The third kappa shape index (κ3) is 35.7. The van der Waals surface area contributed by atoms with Crippen LogP contribution in [0, 0.1) is 0 Å². The van der Waals surface area contributed by atoms with Crippen molar-refractivity contribution in [3.8, 4) is 34.5 Å². The largest absolute Gasteiger partial charge is 1.00 e. The van der Waals surface area contributed by atoms with Crippen LogP contribution in [0.4, 0.5) is 12.9 Å². The average molecular weight is 1640 g/mol. The highest BCUT2D eigenvalue weighted by Gasteiger charge is 2.23. The number of methoxy groups -OCH3 is 3. The number of amidine groups is 2. The van der Waals surface area contributed by atoms with E-state index in [-0.39, 0.29) is 56.8 Å². The highest BCUT2D eigenvalue weighted by Crippen LogP contribution is 2.37. The van der Waals surface area contributed by atoms with Gasteiger partial charge < -0.3 is 69.2 Å². The Morgan fingerprint density at radius 1 is 0.469 bits per heavy atom. The van der Waals surface area contributed by atoms with Crippen molar-refractivity contribution in [1.29, 1.82) is 0 Å². The number of ether oxygens (including phenoxy) is 8. The summed E-state index contributed by atoms with van der Waals surface area (Å²) in [5.74, 6) is 2.25. The first-order valence-electron chi connectivity index (χ1n) is 27.6. The van der Waals surface area contributed by atoms with Gasteiger partial charge in [0.05, 0.1) is 94.7 Å². The second-order valence-electron chi connectivity index (χ2n) is 18.5. The first-order valence-corrected chi connectivity index (χ1v) is 32.1. The molecule has 542 valence electrons. The van der Waals surface area contributed by atoms with Gasteiger partial charge in [-0.25, -0.2) is 15.0 Å². The molecule has 98 heavy (non-hydrogen) atoms. The molecule has 0 fully saturated rings. The molecule has 8 N–H and O–H groups in total. The van der Waals surface area contributed by atoms with Gasteiger partial charge in [0.25, 0.3) is 5.91 Å². The number of esters is 2. The van der Waals surface area contributed by atoms with Crippen LogP contribution in [0.3, 0.4) is 0 Å². The number of aliphatic hydroxyl groups excluding tert-OH is 1. The Balaban J connectivity index is 0. The number of phenolic OH excluding ortho intramolecular Hbond substituents is 1. The number of aromatic hydroxyl groups is 1. The Kier molecular flexibility index (Phi) is 48.9. The minimum Gasteiger partial charge on any atom is -1.00 e. The molecule has 0 radical (unpaired) electrons. The minimum absolute atomic E-state index is 0. The van der Waals surface area contributed by atoms with E-state index in [9.17, 15) is 27.3 Å². The third-order valence-corrected chi connectivity index (χ3v) is 14.9. The van der Waals surface area contributed by atoms with Gasteiger partial charge in [-0.1, -0.05) is 176 Å². The van der Waals surface area contributed by atoms with Crippen molar-refractivity contribution >= 4 is 195 Å². The van der Waals surface area contributed by atoms with E-state index in [1.807, 2.05) is 13.8 Å². The van der Waals surface area contributed by atoms with E-state index in [2.05, 4.69) is 30.1 Å². The van der Waals surface area contributed by atoms with Crippen LogP contribution >= 0.6 is 152 Å². The number of hydrogen-bond acceptors (Lipinski definition) is 17. The lowest BCUT2D eigenvalue weighted by Crippen LogP contribution is -3.00. The number of para-hydroxylation sites is 6. The average Bonchev–Trinajstić information content (AvgIpc) is 1.33. The molecule has 0 saturated heterocycles. The Labute approximate surface area is 631 Å². The van der Waals surface area contributed by atoms with Crippen LogP contribution in [0.2, 0.25) is 60.3 Å². The number of benzene rings is 6. The van der Waals surface area contributed by atoms with Crippen LogP contribution in [-0.2, 0) is 28.6 Å². The van der Waals surface area contributed by atoms with Crippen molar-refractivity contribution in [3.63, 3.8) is 0 Å². The summed E-state index contributed by atoms with van der Waals surface area (Å²) in [6.07, 6.45) is -3.24. The van der Waals surface area contributed by atoms with Crippen LogP contribution in [0.1, 0.15) is 41.5 Å². The number of rotatable bonds is 16. The van der Waals surface area contributed by atoms with E-state index in [1.54, 1.807) is 123 Å². The normalized spacial score (nSPS) is 12.9. The smallest absolute Gasteiger partial charge is 0.762 e. The van der Waals surface area contributed by atoms with E-state index < -0.39 is 49.8 Å². The maximum atomic E-state index is 11.1. The number of nitrogens with two attached hydrogens (primary N) is 2. The maximum absolute atomic E-state index is 11.1. The third-order valence-electron chi connectivity index (χ3n) is 11.3. The number of aliphatic imine (C=N–C) groups is 2. The van der Waals surface area contributed by atoms with Gasteiger partial charge in [-0.15, -0.1) is 12.4 Å². The minimum atomic E-state index is -3.67. The van der Waals surface area contributed by atoms with Crippen LogP contribution in [0.15, 0.2) is 119 Å². The van der Waals surface area contributed by atoms with Gasteiger partial charge in [-0.05, 0) is 114 Å². The fraction of sp³-hybridized carbons (Fsp3) is 0.311. The second-order valence-corrected chi connectivity index (χ2v) is 23.4. The van der Waals surface area contributed by atoms with Crippen LogP contribution in [0.5, 0.6) is 34.5 Å². The topological polar surface area (TPSA) is 266 Å². The van der Waals surface area contributed by atoms with Crippen molar-refractivity contribution in [3.05, 3.63) is 169 Å². The molecule has 2 aliphatic heterocycles. The molecule has 6 atom stereocenters. The number of primary amides is 1. The summed E-state index contributed by atoms with van der Waals surface area (Å²) < 4.78 is 69.9. The van der Waals surface area contributed by atoms with Crippen molar-refractivity contribution in [2.45, 2.75) is 78.2 Å². The predicted molar refractivity (Wildman–Crippen MR) is 387 cm³/mol. The molecule has 8 rings (SSSR count). The summed E-state index contributed by atoms with van der Waals surface area (Å²) >= 11 is 70.2. The van der Waals surface area contributed by atoms with Gasteiger partial charge >= 0.3 is 25.4 Å². The van der Waals surface area contributed by atoms with Crippen LogP contribution in [-0.4, -0.2) is 137 Å². The number of aliphatic hydroxyl groups is 1. The van der Waals surface area contributed by atoms with Crippen molar-refractivity contribution in [1.82, 2.24) is 10.6 Å². The summed E-state index contributed by atoms with van der Waals surface area (Å²) in [6, 6.07) is 30.4. The van der Waals surface area contributed by atoms with Crippen molar-refractivity contribution in [2.75, 3.05) is 47.5 Å². The fourth-order valence-electron chi connectivity index (χ4n) is 6.50. The number of carbonyl (C=O) groups is 3. The van der Waals surface area contributed by atoms with Crippen molar-refractivity contribution in [2.24, 2.45) is 15.7 Å². The molecule has 0 saturated carbocycles. The molecule has 0 bridgehead atoms. The number of phenols is 1. The lowest BCUT2D eigenvalue weighted by atomic mass is 10.3. The second kappa shape index (κ2) is 50.7. The standard InChI is InChI=1S/2C11H12Cl2N2O.C10H11Cl2NO2.C10H10Cl2O3.C9H9Cl2NO2.C6H4Cl2O.C4H8O3.BF3.ClH.FH/c2*1-7(11-14-5-6-15-11)16-10-8(12)3-2-4-9(10)13;2*1-6(10(13)14-2)15-9-7(11)4-3-5-8(9)12;1-5(9(12)13)14-8-6(10)3-2-4-7(8)11;7-4-2-1-3-5(8)6(4)9;1-3(5)4(6)7-2;2-1(3)4;;/h2*2-4,7H,5-6H2,1H3,(H,14,15);3-6,13H,1-2H3;3-6H,1-2H3;2-5H,1H3,(H2,12,13);1-3,9H;3,5H,1-2H3;;2*1H/t2*7-;2*6-;5-;;3-;;;/m11111.0.../s1. The van der Waals surface area contributed by atoms with Crippen LogP contribution in [0.25, 0.3) is 0 Å². The molecule has 6 aromatic rings. The Bertz CT molecular complexity index is 3240. The molecule has 0 spiro atoms. The Morgan fingerprint density at radius 3 is 0.918 bits per heavy atom. The predicted octanol–water partition coefficient (Wildman–Crippen LogP) is 12.8. The molecular formula is C61H68BCl13F4N6O13. The number of nitrogens with one attached hydrogen (secondary N) is 2. The van der Waals surface area contributed by atoms with Gasteiger partial charge in [-0.2, -0.15) is 0 Å². The number of amides is 1. The Hall–Kier alpha value is -5.55. The molecule has 0 unspecified atom stereocenters. The van der Waals surface area contributed by atoms with Gasteiger partial charge in [0.1, 0.15) is 17.8 Å². The van der Waals surface area contributed by atoms with Gasteiger partial charge in [0.2, 0.25) is 6.10 Å². The Morgan fingerprint density at radius 2 is 0.714 bits per heavy atom. The molecule has 0 aromatic heterocycles. The number of halogens is 17. The van der Waals surface area contributed by atoms with Gasteiger partial charge in [0.15, 0.2) is 58.9 Å². The van der Waals surface area contributed by atoms with Gasteiger partial charge in [-0.3, -0.25) is 27.7 Å². The summed E-state index contributed by atoms with van der Waals surface area (Å²) in [5, 5.41) is 34.1. The highest BCUT2D eigenvalue weighted by molar-refractivity contribution is 6.40. The van der Waals surface area contributed by atoms with E-state index >= 15 is 0 Å². The first-order chi connectivity index (χ1) is 45.1. The molecule has 1 amide bonds. The zero-order valence-electron chi connectivity index (χ0n) is 53.2. The quantitative estimate of drug-likeness (QED) is 0.0173. The monoisotopic (exact) mass is 1630 g/mol. The van der Waals surface area contributed by atoms with E-state index in [1.165, 1.54) is 35.2 Å². The molecule has 37 heteroatoms. The number of hydrogen-bond donors (Lipinski definition) is 6. The summed E-state index contributed by atoms with van der Waals surface area (Å²) in [6.45, 7) is 13.3. The fourth-order valence-corrected chi connectivity index (χ4v) is 9.33. The van der Waals surface area contributed by atoms with Gasteiger partial charge in [0, 0.05) is 13.1 Å². The van der Waals surface area contributed by atoms with E-state index in [0.29, 0.717) is 73.2 Å².